The number of fused-ring (bicyclic) bond motifs is 1. The molecule has 1 N–H and O–H groups in total. The predicted octanol–water partition coefficient (Wildman–Crippen LogP) is 4.21. The van der Waals surface area contributed by atoms with E-state index in [2.05, 4.69) is 11.9 Å². The average molecular weight is 419 g/mol. The van der Waals surface area contributed by atoms with Gasteiger partial charge >= 0.3 is 0 Å². The minimum atomic E-state index is -3.77. The minimum Gasteiger partial charge on any atom is -0.354 e. The standard InChI is InChI=1S/C23H34N2O3S/c1-17(2)15-21(23(26)24-16-19-9-5-4-6-10-19)25-14-13-18(3)20-11-7-8-12-22(20)29(25,27)28/h7-8,11-12,17,19,21H,3-6,9-10,13-16H2,1-2H3,(H,24,26)/t21-/m0/s1. The molecule has 3 rings (SSSR count). The lowest BCUT2D eigenvalue weighted by atomic mass is 9.89. The van der Waals surface area contributed by atoms with E-state index < -0.39 is 16.1 Å². The molecule has 1 fully saturated rings. The summed E-state index contributed by atoms with van der Waals surface area (Å²) < 4.78 is 28.4. The second-order valence-corrected chi connectivity index (χ2v) is 10.7. The number of nitrogens with one attached hydrogen (secondary N) is 1. The zero-order valence-corrected chi connectivity index (χ0v) is 18.5. The second-order valence-electron chi connectivity index (χ2n) is 8.86. The monoisotopic (exact) mass is 418 g/mol. The fourth-order valence-electron chi connectivity index (χ4n) is 4.49. The maximum atomic E-state index is 13.5. The van der Waals surface area contributed by atoms with Crippen molar-refractivity contribution < 1.29 is 13.2 Å². The van der Waals surface area contributed by atoms with Crippen LogP contribution in [0.4, 0.5) is 0 Å². The van der Waals surface area contributed by atoms with E-state index >= 15 is 0 Å². The molecule has 0 aromatic heterocycles. The summed E-state index contributed by atoms with van der Waals surface area (Å²) in [6.07, 6.45) is 7.03. The number of benzene rings is 1. The van der Waals surface area contributed by atoms with Gasteiger partial charge in [0, 0.05) is 13.1 Å². The lowest BCUT2D eigenvalue weighted by Gasteiger charge is -2.31. The van der Waals surface area contributed by atoms with E-state index in [-0.39, 0.29) is 23.3 Å². The Labute approximate surface area is 175 Å². The van der Waals surface area contributed by atoms with Crippen molar-refractivity contribution in [3.8, 4) is 0 Å². The molecule has 0 saturated heterocycles. The van der Waals surface area contributed by atoms with Crippen molar-refractivity contribution in [2.75, 3.05) is 13.1 Å². The molecule has 1 aromatic carbocycles. The molecule has 1 atom stereocenters. The normalized spacial score (nSPS) is 21.4. The van der Waals surface area contributed by atoms with Crippen LogP contribution in [0.1, 0.15) is 64.4 Å². The summed E-state index contributed by atoms with van der Waals surface area (Å²) in [6, 6.07) is 6.30. The number of rotatable bonds is 6. The average Bonchev–Trinajstić information content (AvgIpc) is 2.80. The lowest BCUT2D eigenvalue weighted by Crippen LogP contribution is -2.51. The Balaban J connectivity index is 1.85. The first-order valence-electron chi connectivity index (χ1n) is 10.9. The summed E-state index contributed by atoms with van der Waals surface area (Å²) in [5.41, 5.74) is 1.47. The number of carbonyl (C=O) groups is 1. The van der Waals surface area contributed by atoms with E-state index in [0.29, 0.717) is 30.9 Å². The lowest BCUT2D eigenvalue weighted by molar-refractivity contribution is -0.125. The fraction of sp³-hybridized carbons (Fsp3) is 0.609. The summed E-state index contributed by atoms with van der Waals surface area (Å²) in [4.78, 5) is 13.4. The van der Waals surface area contributed by atoms with Crippen molar-refractivity contribution >= 4 is 21.5 Å². The summed E-state index contributed by atoms with van der Waals surface area (Å²) in [5.74, 6) is 0.545. The number of amides is 1. The molecule has 1 aliphatic carbocycles. The van der Waals surface area contributed by atoms with E-state index in [1.54, 1.807) is 18.2 Å². The Bertz CT molecular complexity index is 841. The minimum absolute atomic E-state index is 0.169. The molecule has 1 heterocycles. The predicted molar refractivity (Wildman–Crippen MR) is 117 cm³/mol. The van der Waals surface area contributed by atoms with Gasteiger partial charge in [0.15, 0.2) is 0 Å². The van der Waals surface area contributed by atoms with Gasteiger partial charge in [-0.1, -0.05) is 57.9 Å². The van der Waals surface area contributed by atoms with Crippen LogP contribution in [0.2, 0.25) is 0 Å². The van der Waals surface area contributed by atoms with Crippen LogP contribution in [0.3, 0.4) is 0 Å². The maximum Gasteiger partial charge on any atom is 0.244 e. The van der Waals surface area contributed by atoms with Gasteiger partial charge in [0.2, 0.25) is 15.9 Å². The number of nitrogens with zero attached hydrogens (tertiary/aromatic N) is 1. The molecule has 6 heteroatoms. The van der Waals surface area contributed by atoms with Gasteiger partial charge in [-0.05, 0) is 54.7 Å². The topological polar surface area (TPSA) is 66.5 Å². The SMILES string of the molecule is C=C1CCN([C@@H](CC(C)C)C(=O)NCC2CCCCC2)S(=O)(=O)c2ccccc21. The summed E-state index contributed by atoms with van der Waals surface area (Å²) >= 11 is 0. The highest BCUT2D eigenvalue weighted by atomic mass is 32.2. The molecule has 1 saturated carbocycles. The third-order valence-electron chi connectivity index (χ3n) is 6.12. The van der Waals surface area contributed by atoms with Gasteiger partial charge in [0.05, 0.1) is 4.90 Å². The second kappa shape index (κ2) is 9.43. The fourth-order valence-corrected chi connectivity index (χ4v) is 6.33. The quantitative estimate of drug-likeness (QED) is 0.753. The molecule has 2 aliphatic rings. The van der Waals surface area contributed by atoms with Gasteiger partial charge < -0.3 is 5.32 Å². The van der Waals surface area contributed by atoms with Crippen LogP contribution in [-0.2, 0) is 14.8 Å². The highest BCUT2D eigenvalue weighted by Gasteiger charge is 2.39. The number of carbonyl (C=O) groups excluding carboxylic acids is 1. The first-order chi connectivity index (χ1) is 13.8. The maximum absolute atomic E-state index is 13.5. The number of hydrogen-bond acceptors (Lipinski definition) is 3. The Morgan fingerprint density at radius 3 is 2.59 bits per heavy atom. The van der Waals surface area contributed by atoms with Crippen LogP contribution in [0, 0.1) is 11.8 Å². The molecule has 5 nitrogen and oxygen atoms in total. The van der Waals surface area contributed by atoms with Crippen molar-refractivity contribution in [3.05, 3.63) is 36.4 Å². The Hall–Kier alpha value is -1.66. The molecule has 1 aromatic rings. The number of hydrogen-bond donors (Lipinski definition) is 1. The van der Waals surface area contributed by atoms with Crippen LogP contribution in [0.15, 0.2) is 35.7 Å². The highest BCUT2D eigenvalue weighted by Crippen LogP contribution is 2.33. The number of sulfonamides is 1. The van der Waals surface area contributed by atoms with E-state index in [1.807, 2.05) is 19.9 Å². The summed E-state index contributed by atoms with van der Waals surface area (Å²) in [5, 5.41) is 3.08. The largest absolute Gasteiger partial charge is 0.354 e. The zero-order valence-electron chi connectivity index (χ0n) is 17.7. The summed E-state index contributed by atoms with van der Waals surface area (Å²) in [6.45, 7) is 9.06. The Morgan fingerprint density at radius 2 is 1.90 bits per heavy atom. The Kier molecular flexibility index (Phi) is 7.17. The molecular formula is C23H34N2O3S. The van der Waals surface area contributed by atoms with Gasteiger partial charge in [-0.2, -0.15) is 4.31 Å². The van der Waals surface area contributed by atoms with Crippen LogP contribution in [0.5, 0.6) is 0 Å². The van der Waals surface area contributed by atoms with Gasteiger partial charge in [0.1, 0.15) is 6.04 Å². The smallest absolute Gasteiger partial charge is 0.244 e. The van der Waals surface area contributed by atoms with Crippen molar-refractivity contribution in [2.24, 2.45) is 11.8 Å². The van der Waals surface area contributed by atoms with Gasteiger partial charge in [0.25, 0.3) is 0 Å². The van der Waals surface area contributed by atoms with Crippen LogP contribution >= 0.6 is 0 Å². The van der Waals surface area contributed by atoms with Gasteiger partial charge in [-0.15, -0.1) is 0 Å². The molecular weight excluding hydrogens is 384 g/mol. The Morgan fingerprint density at radius 1 is 1.21 bits per heavy atom. The molecule has 1 aliphatic heterocycles. The highest BCUT2D eigenvalue weighted by molar-refractivity contribution is 7.89. The molecule has 1 amide bonds. The van der Waals surface area contributed by atoms with Crippen LogP contribution < -0.4 is 5.32 Å². The van der Waals surface area contributed by atoms with Crippen molar-refractivity contribution in [1.29, 1.82) is 0 Å². The van der Waals surface area contributed by atoms with Crippen LogP contribution in [-0.4, -0.2) is 37.8 Å². The van der Waals surface area contributed by atoms with E-state index in [4.69, 9.17) is 0 Å². The van der Waals surface area contributed by atoms with Gasteiger partial charge in [-0.3, -0.25) is 4.79 Å². The third kappa shape index (κ3) is 5.10. The van der Waals surface area contributed by atoms with Crippen molar-refractivity contribution in [2.45, 2.75) is 69.7 Å². The molecule has 0 unspecified atom stereocenters. The molecule has 29 heavy (non-hydrogen) atoms. The molecule has 160 valence electrons. The van der Waals surface area contributed by atoms with Crippen LogP contribution in [0.25, 0.3) is 5.57 Å². The van der Waals surface area contributed by atoms with E-state index in [0.717, 1.165) is 18.4 Å². The molecule has 0 radical (unpaired) electrons. The van der Waals surface area contributed by atoms with E-state index in [1.165, 1.54) is 23.6 Å². The third-order valence-corrected chi connectivity index (χ3v) is 8.09. The van der Waals surface area contributed by atoms with E-state index in [9.17, 15) is 13.2 Å². The first kappa shape index (κ1) is 22.0. The van der Waals surface area contributed by atoms with Crippen molar-refractivity contribution in [1.82, 2.24) is 9.62 Å². The first-order valence-corrected chi connectivity index (χ1v) is 12.3. The van der Waals surface area contributed by atoms with Gasteiger partial charge in [-0.25, -0.2) is 8.42 Å². The molecule has 0 bridgehead atoms. The molecule has 0 spiro atoms. The van der Waals surface area contributed by atoms with Crippen molar-refractivity contribution in [3.63, 3.8) is 0 Å². The zero-order chi connectivity index (χ0) is 21.0. The summed E-state index contributed by atoms with van der Waals surface area (Å²) in [7, 11) is -3.77.